The van der Waals surface area contributed by atoms with Crippen LogP contribution in [0.25, 0.3) is 11.2 Å². The second-order valence-electron chi connectivity index (χ2n) is 8.65. The minimum Gasteiger partial charge on any atom is -0.367 e. The topological polar surface area (TPSA) is 42.2 Å². The summed E-state index contributed by atoms with van der Waals surface area (Å²) in [7, 11) is 0. The minimum absolute atomic E-state index is 0.455. The molecule has 0 saturated carbocycles. The number of nitrogens with zero attached hydrogens (tertiary/aromatic N) is 3. The van der Waals surface area contributed by atoms with Gasteiger partial charge in [-0.25, -0.2) is 4.98 Å². The molecule has 0 fully saturated rings. The van der Waals surface area contributed by atoms with E-state index in [-0.39, 0.29) is 0 Å². The summed E-state index contributed by atoms with van der Waals surface area (Å²) in [5.74, 6) is 1.11. The number of hydrogen-bond donors (Lipinski definition) is 1. The fraction of sp³-hybridized carbons (Fsp3) is 0.417. The van der Waals surface area contributed by atoms with Crippen molar-refractivity contribution in [2.75, 3.05) is 5.32 Å². The highest BCUT2D eigenvalue weighted by Gasteiger charge is 2.28. The van der Waals surface area contributed by atoms with Crippen molar-refractivity contribution < 1.29 is 0 Å². The number of rotatable bonds is 2. The molecule has 1 unspecified atom stereocenters. The van der Waals surface area contributed by atoms with Gasteiger partial charge in [0, 0.05) is 23.4 Å². The molecule has 3 aromatic rings. The highest BCUT2D eigenvalue weighted by Crippen LogP contribution is 2.42. The van der Waals surface area contributed by atoms with Gasteiger partial charge in [-0.05, 0) is 75.0 Å². The second-order valence-corrected chi connectivity index (χ2v) is 8.65. The van der Waals surface area contributed by atoms with E-state index < -0.39 is 0 Å². The molecule has 4 nitrogen and oxygen atoms in total. The molecule has 3 aliphatic carbocycles. The molecule has 1 aromatic carbocycles. The molecule has 0 spiro atoms. The number of aromatic nitrogens is 3. The number of allylic oxidation sites excluding steroid dienone is 1. The summed E-state index contributed by atoms with van der Waals surface area (Å²) in [5.41, 5.74) is 11.0. The van der Waals surface area contributed by atoms with E-state index in [4.69, 9.17) is 10.1 Å². The van der Waals surface area contributed by atoms with Crippen molar-refractivity contribution in [1.29, 1.82) is 0 Å². The average Bonchev–Trinajstić information content (AvgIpc) is 3.26. The monoisotopic (exact) mass is 370 g/mol. The summed E-state index contributed by atoms with van der Waals surface area (Å²) in [6.45, 7) is 2.10. The Hall–Kier alpha value is -2.62. The number of fused-ring (bicyclic) bond motifs is 5. The fourth-order valence-electron chi connectivity index (χ4n) is 5.40. The largest absolute Gasteiger partial charge is 0.367 e. The van der Waals surface area contributed by atoms with E-state index in [0.29, 0.717) is 6.04 Å². The summed E-state index contributed by atoms with van der Waals surface area (Å²) < 4.78 is 2.08. The first-order valence-corrected chi connectivity index (χ1v) is 10.7. The number of anilines is 1. The van der Waals surface area contributed by atoms with Crippen LogP contribution in [0.4, 0.5) is 5.82 Å². The number of aryl methyl sites for hydroxylation is 3. The maximum Gasteiger partial charge on any atom is 0.161 e. The SMILES string of the molecule is Cc1cc(NC2CCC3=C(C2)c2ccccc2C3)n2nc3c(c2n1)CCCC3. The van der Waals surface area contributed by atoms with Crippen molar-refractivity contribution in [3.05, 3.63) is 64.0 Å². The van der Waals surface area contributed by atoms with Crippen LogP contribution < -0.4 is 5.32 Å². The van der Waals surface area contributed by atoms with Crippen molar-refractivity contribution in [1.82, 2.24) is 14.6 Å². The first-order chi connectivity index (χ1) is 13.8. The van der Waals surface area contributed by atoms with Gasteiger partial charge in [0.25, 0.3) is 0 Å². The smallest absolute Gasteiger partial charge is 0.161 e. The van der Waals surface area contributed by atoms with Gasteiger partial charge in [0.2, 0.25) is 0 Å². The number of hydrogen-bond acceptors (Lipinski definition) is 3. The van der Waals surface area contributed by atoms with Gasteiger partial charge in [-0.15, -0.1) is 0 Å². The number of benzene rings is 1. The van der Waals surface area contributed by atoms with Crippen molar-refractivity contribution in [3.63, 3.8) is 0 Å². The molecule has 1 N–H and O–H groups in total. The molecule has 142 valence electrons. The first kappa shape index (κ1) is 16.3. The van der Waals surface area contributed by atoms with E-state index in [1.165, 1.54) is 48.1 Å². The zero-order valence-corrected chi connectivity index (χ0v) is 16.5. The van der Waals surface area contributed by atoms with Crippen LogP contribution in [0.3, 0.4) is 0 Å². The van der Waals surface area contributed by atoms with E-state index in [9.17, 15) is 0 Å². The van der Waals surface area contributed by atoms with Crippen LogP contribution >= 0.6 is 0 Å². The highest BCUT2D eigenvalue weighted by atomic mass is 15.3. The molecular weight excluding hydrogens is 344 g/mol. The summed E-state index contributed by atoms with van der Waals surface area (Å²) in [4.78, 5) is 4.84. The third-order valence-corrected chi connectivity index (χ3v) is 6.76. The Labute approximate surface area is 165 Å². The Morgan fingerprint density at radius 2 is 2.00 bits per heavy atom. The molecule has 2 aromatic heterocycles. The summed E-state index contributed by atoms with van der Waals surface area (Å²) in [5, 5.41) is 8.79. The van der Waals surface area contributed by atoms with Gasteiger partial charge in [-0.2, -0.15) is 9.61 Å². The van der Waals surface area contributed by atoms with Crippen LogP contribution in [-0.4, -0.2) is 20.6 Å². The van der Waals surface area contributed by atoms with E-state index in [1.807, 2.05) is 0 Å². The lowest BCUT2D eigenvalue weighted by Crippen LogP contribution is -2.24. The van der Waals surface area contributed by atoms with Gasteiger partial charge in [0.05, 0.1) is 5.69 Å². The Morgan fingerprint density at radius 1 is 1.11 bits per heavy atom. The zero-order valence-electron chi connectivity index (χ0n) is 16.5. The summed E-state index contributed by atoms with van der Waals surface area (Å²) in [6.07, 6.45) is 9.36. The van der Waals surface area contributed by atoms with Crippen LogP contribution in [0.2, 0.25) is 0 Å². The summed E-state index contributed by atoms with van der Waals surface area (Å²) in [6, 6.07) is 11.6. The molecule has 28 heavy (non-hydrogen) atoms. The molecule has 0 saturated heterocycles. The van der Waals surface area contributed by atoms with Crippen molar-refractivity contribution in [3.8, 4) is 0 Å². The van der Waals surface area contributed by atoms with E-state index in [2.05, 4.69) is 47.1 Å². The lowest BCUT2D eigenvalue weighted by molar-refractivity contribution is 0.628. The van der Waals surface area contributed by atoms with Gasteiger partial charge in [-0.3, -0.25) is 0 Å². The van der Waals surface area contributed by atoms with Gasteiger partial charge in [0.1, 0.15) is 5.82 Å². The maximum absolute atomic E-state index is 4.94. The lowest BCUT2D eigenvalue weighted by Gasteiger charge is -2.26. The molecular formula is C24H26N4. The van der Waals surface area contributed by atoms with Crippen LogP contribution in [0.1, 0.15) is 60.2 Å². The van der Waals surface area contributed by atoms with Crippen LogP contribution in [0, 0.1) is 6.92 Å². The molecule has 4 heteroatoms. The molecule has 0 amide bonds. The third kappa shape index (κ3) is 2.50. The predicted octanol–water partition coefficient (Wildman–Crippen LogP) is 4.89. The van der Waals surface area contributed by atoms with Crippen molar-refractivity contribution in [2.45, 2.75) is 64.3 Å². The Morgan fingerprint density at radius 3 is 2.96 bits per heavy atom. The minimum atomic E-state index is 0.455. The quantitative estimate of drug-likeness (QED) is 0.698. The van der Waals surface area contributed by atoms with Crippen LogP contribution in [0.15, 0.2) is 35.9 Å². The molecule has 6 rings (SSSR count). The maximum atomic E-state index is 4.94. The van der Waals surface area contributed by atoms with Gasteiger partial charge < -0.3 is 5.32 Å². The van der Waals surface area contributed by atoms with Crippen LogP contribution in [-0.2, 0) is 19.3 Å². The Bertz CT molecular complexity index is 1120. The third-order valence-electron chi connectivity index (χ3n) is 6.76. The van der Waals surface area contributed by atoms with Crippen molar-refractivity contribution >= 4 is 17.0 Å². The predicted molar refractivity (Wildman–Crippen MR) is 113 cm³/mol. The van der Waals surface area contributed by atoms with Crippen LogP contribution in [0.5, 0.6) is 0 Å². The molecule has 0 bridgehead atoms. The molecule has 2 heterocycles. The summed E-state index contributed by atoms with van der Waals surface area (Å²) >= 11 is 0. The van der Waals surface area contributed by atoms with Crippen molar-refractivity contribution in [2.24, 2.45) is 0 Å². The molecule has 0 aliphatic heterocycles. The second kappa shape index (κ2) is 6.20. The average molecular weight is 371 g/mol. The standard InChI is InChI=1S/C24H26N4/c1-15-12-23(28-24(25-15)20-8-4-5-9-22(20)27-28)26-18-11-10-17-13-16-6-2-3-7-19(16)21(17)14-18/h2-3,6-7,12,18,26H,4-5,8-11,13-14H2,1H3. The number of nitrogens with one attached hydrogen (secondary N) is 1. The Kier molecular flexibility index (Phi) is 3.62. The zero-order chi connectivity index (χ0) is 18.7. The Balaban J connectivity index is 1.34. The first-order valence-electron chi connectivity index (χ1n) is 10.7. The van der Waals surface area contributed by atoms with Gasteiger partial charge in [0.15, 0.2) is 5.65 Å². The molecule has 0 radical (unpaired) electrons. The lowest BCUT2D eigenvalue weighted by atomic mass is 9.88. The normalized spacial score (nSPS) is 20.8. The molecule has 3 aliphatic rings. The highest BCUT2D eigenvalue weighted by molar-refractivity contribution is 5.77. The van der Waals surface area contributed by atoms with E-state index >= 15 is 0 Å². The molecule has 1 atom stereocenters. The van der Waals surface area contributed by atoms with E-state index in [0.717, 1.165) is 42.8 Å². The van der Waals surface area contributed by atoms with Gasteiger partial charge >= 0.3 is 0 Å². The van der Waals surface area contributed by atoms with Gasteiger partial charge in [-0.1, -0.05) is 29.8 Å². The fourth-order valence-corrected chi connectivity index (χ4v) is 5.40. The van der Waals surface area contributed by atoms with E-state index in [1.54, 1.807) is 11.1 Å².